The van der Waals surface area contributed by atoms with Crippen LogP contribution in [0.25, 0.3) is 0 Å². The lowest BCUT2D eigenvalue weighted by atomic mass is 9.97. The van der Waals surface area contributed by atoms with Gasteiger partial charge in [-0.15, -0.1) is 11.3 Å². The van der Waals surface area contributed by atoms with E-state index in [-0.39, 0.29) is 11.6 Å². The van der Waals surface area contributed by atoms with Gasteiger partial charge in [-0.1, -0.05) is 11.6 Å². The average Bonchev–Trinajstić information content (AvgIpc) is 2.53. The Labute approximate surface area is 99.5 Å². The van der Waals surface area contributed by atoms with Crippen molar-refractivity contribution in [2.24, 2.45) is 5.84 Å². The molecule has 3 N–H and O–H groups in total. The largest absolute Gasteiger partial charge is 0.374 e. The fourth-order valence-corrected chi connectivity index (χ4v) is 2.96. The Hall–Kier alpha value is -0.130. The highest BCUT2D eigenvalue weighted by atomic mass is 35.5. The van der Waals surface area contributed by atoms with E-state index in [1.54, 1.807) is 11.3 Å². The Balaban J connectivity index is 2.93. The number of nitrogens with one attached hydrogen (secondary N) is 1. The second-order valence-electron chi connectivity index (χ2n) is 3.77. The Morgan fingerprint density at radius 2 is 2.33 bits per heavy atom. The van der Waals surface area contributed by atoms with E-state index in [4.69, 9.17) is 22.2 Å². The van der Waals surface area contributed by atoms with Crippen molar-refractivity contribution >= 4 is 22.9 Å². The average molecular weight is 249 g/mol. The van der Waals surface area contributed by atoms with Crippen molar-refractivity contribution in [1.29, 1.82) is 0 Å². The molecule has 0 fully saturated rings. The van der Waals surface area contributed by atoms with Gasteiger partial charge in [-0.05, 0) is 32.2 Å². The molecule has 3 nitrogen and oxygen atoms in total. The van der Waals surface area contributed by atoms with Crippen LogP contribution in [0.1, 0.15) is 31.7 Å². The van der Waals surface area contributed by atoms with Crippen molar-refractivity contribution in [1.82, 2.24) is 5.43 Å². The quantitative estimate of drug-likeness (QED) is 0.622. The maximum absolute atomic E-state index is 6.08. The topological polar surface area (TPSA) is 47.3 Å². The van der Waals surface area contributed by atoms with Crippen LogP contribution in [0.3, 0.4) is 0 Å². The van der Waals surface area contributed by atoms with E-state index < -0.39 is 0 Å². The fourth-order valence-electron chi connectivity index (χ4n) is 1.56. The maximum atomic E-state index is 6.08. The molecule has 1 aromatic rings. The summed E-state index contributed by atoms with van der Waals surface area (Å²) in [5.74, 6) is 5.57. The molecule has 0 spiro atoms. The highest BCUT2D eigenvalue weighted by Gasteiger charge is 2.32. The second kappa shape index (κ2) is 5.27. The first-order valence-corrected chi connectivity index (χ1v) is 6.11. The summed E-state index contributed by atoms with van der Waals surface area (Å²) in [5, 5.41) is 2.68. The number of halogens is 1. The summed E-state index contributed by atoms with van der Waals surface area (Å²) >= 11 is 7.66. The number of rotatable bonds is 5. The van der Waals surface area contributed by atoms with E-state index in [0.717, 1.165) is 9.90 Å². The van der Waals surface area contributed by atoms with Crippen molar-refractivity contribution in [3.63, 3.8) is 0 Å². The number of ether oxygens (including phenoxy) is 1. The zero-order chi connectivity index (χ0) is 11.5. The fraction of sp³-hybridized carbons (Fsp3) is 0.600. The van der Waals surface area contributed by atoms with E-state index in [9.17, 15) is 0 Å². The molecule has 0 aliphatic rings. The third-order valence-corrected chi connectivity index (χ3v) is 3.71. The standard InChI is InChI=1S/C10H17ClN2OS/c1-4-14-10(2,3)9(13-12)8-7(11)5-6-15-8/h5-6,9,13H,4,12H2,1-3H3. The van der Waals surface area contributed by atoms with Crippen molar-refractivity contribution in [2.45, 2.75) is 32.4 Å². The van der Waals surface area contributed by atoms with Crippen molar-refractivity contribution < 1.29 is 4.74 Å². The molecule has 0 aromatic carbocycles. The summed E-state index contributed by atoms with van der Waals surface area (Å²) in [6.07, 6.45) is 0. The van der Waals surface area contributed by atoms with Crippen LogP contribution in [0.2, 0.25) is 5.02 Å². The summed E-state index contributed by atoms with van der Waals surface area (Å²) in [4.78, 5) is 1.01. The predicted octanol–water partition coefficient (Wildman–Crippen LogP) is 2.72. The molecule has 0 radical (unpaired) electrons. The normalized spacial score (nSPS) is 14.2. The molecular weight excluding hydrogens is 232 g/mol. The maximum Gasteiger partial charge on any atom is 0.0852 e. The molecular formula is C10H17ClN2OS. The number of hydrogen-bond acceptors (Lipinski definition) is 4. The van der Waals surface area contributed by atoms with Crippen molar-refractivity contribution in [3.05, 3.63) is 21.3 Å². The van der Waals surface area contributed by atoms with Gasteiger partial charge in [0.1, 0.15) is 0 Å². The molecule has 1 rings (SSSR count). The van der Waals surface area contributed by atoms with Gasteiger partial charge < -0.3 is 4.74 Å². The summed E-state index contributed by atoms with van der Waals surface area (Å²) in [7, 11) is 0. The highest BCUT2D eigenvalue weighted by molar-refractivity contribution is 7.10. The minimum absolute atomic E-state index is 0.0926. The Morgan fingerprint density at radius 1 is 1.67 bits per heavy atom. The molecule has 1 aromatic heterocycles. The Kier molecular flexibility index (Phi) is 4.55. The van der Waals surface area contributed by atoms with Gasteiger partial charge in [0.25, 0.3) is 0 Å². The molecule has 15 heavy (non-hydrogen) atoms. The SMILES string of the molecule is CCOC(C)(C)C(NN)c1sccc1Cl. The number of nitrogens with two attached hydrogens (primary N) is 1. The second-order valence-corrected chi connectivity index (χ2v) is 5.12. The van der Waals surface area contributed by atoms with E-state index in [1.165, 1.54) is 0 Å². The smallest absolute Gasteiger partial charge is 0.0852 e. The summed E-state index contributed by atoms with van der Waals surface area (Å²) < 4.78 is 5.67. The number of hydrazine groups is 1. The lowest BCUT2D eigenvalue weighted by molar-refractivity contribution is -0.0384. The van der Waals surface area contributed by atoms with Gasteiger partial charge in [0.2, 0.25) is 0 Å². The van der Waals surface area contributed by atoms with Crippen LogP contribution in [-0.4, -0.2) is 12.2 Å². The van der Waals surface area contributed by atoms with E-state index in [2.05, 4.69) is 5.43 Å². The van der Waals surface area contributed by atoms with Gasteiger partial charge in [0.05, 0.1) is 16.7 Å². The van der Waals surface area contributed by atoms with Crippen LogP contribution in [0.4, 0.5) is 0 Å². The molecule has 1 heterocycles. The van der Waals surface area contributed by atoms with Crippen LogP contribution in [0.15, 0.2) is 11.4 Å². The highest BCUT2D eigenvalue weighted by Crippen LogP contribution is 2.36. The molecule has 86 valence electrons. The lowest BCUT2D eigenvalue weighted by Gasteiger charge is -2.33. The van der Waals surface area contributed by atoms with Crippen LogP contribution in [0, 0.1) is 0 Å². The van der Waals surface area contributed by atoms with Gasteiger partial charge in [-0.2, -0.15) is 0 Å². The third kappa shape index (κ3) is 2.92. The van der Waals surface area contributed by atoms with Gasteiger partial charge in [-0.3, -0.25) is 5.84 Å². The Morgan fingerprint density at radius 3 is 2.73 bits per heavy atom. The molecule has 0 amide bonds. The first-order valence-electron chi connectivity index (χ1n) is 4.86. The number of hydrogen-bond donors (Lipinski definition) is 2. The first-order chi connectivity index (χ1) is 7.03. The molecule has 0 saturated heterocycles. The van der Waals surface area contributed by atoms with E-state index >= 15 is 0 Å². The van der Waals surface area contributed by atoms with Crippen molar-refractivity contribution in [2.75, 3.05) is 6.61 Å². The third-order valence-electron chi connectivity index (χ3n) is 2.29. The van der Waals surface area contributed by atoms with Crippen LogP contribution >= 0.6 is 22.9 Å². The lowest BCUT2D eigenvalue weighted by Crippen LogP contribution is -2.44. The van der Waals surface area contributed by atoms with E-state index in [1.807, 2.05) is 32.2 Å². The van der Waals surface area contributed by atoms with Crippen LogP contribution < -0.4 is 11.3 Å². The number of thiophene rings is 1. The van der Waals surface area contributed by atoms with Crippen LogP contribution in [0.5, 0.6) is 0 Å². The van der Waals surface area contributed by atoms with Gasteiger partial charge in [0.15, 0.2) is 0 Å². The van der Waals surface area contributed by atoms with Gasteiger partial charge >= 0.3 is 0 Å². The zero-order valence-corrected chi connectivity index (χ0v) is 10.8. The molecule has 0 aliphatic heterocycles. The molecule has 0 aliphatic carbocycles. The molecule has 5 heteroatoms. The predicted molar refractivity (Wildman–Crippen MR) is 65.1 cm³/mol. The zero-order valence-electron chi connectivity index (χ0n) is 9.21. The molecule has 1 atom stereocenters. The molecule has 0 saturated carbocycles. The van der Waals surface area contributed by atoms with E-state index in [0.29, 0.717) is 6.61 Å². The van der Waals surface area contributed by atoms with Gasteiger partial charge in [-0.25, -0.2) is 5.43 Å². The van der Waals surface area contributed by atoms with Crippen molar-refractivity contribution in [3.8, 4) is 0 Å². The summed E-state index contributed by atoms with van der Waals surface area (Å²) in [5.41, 5.74) is 2.39. The minimum atomic E-state index is -0.377. The minimum Gasteiger partial charge on any atom is -0.374 e. The molecule has 0 bridgehead atoms. The first kappa shape index (κ1) is 12.9. The monoisotopic (exact) mass is 248 g/mol. The summed E-state index contributed by atoms with van der Waals surface area (Å²) in [6, 6.07) is 1.78. The van der Waals surface area contributed by atoms with Crippen LogP contribution in [-0.2, 0) is 4.74 Å². The molecule has 1 unspecified atom stereocenters. The van der Waals surface area contributed by atoms with Gasteiger partial charge in [0, 0.05) is 11.5 Å². The summed E-state index contributed by atoms with van der Waals surface area (Å²) in [6.45, 7) is 6.60. The Bertz CT molecular complexity index is 314.